The summed E-state index contributed by atoms with van der Waals surface area (Å²) >= 11 is 3.64. The molecule has 0 aromatic carbocycles. The fourth-order valence-electron chi connectivity index (χ4n) is 0.442. The first-order valence-corrected chi connectivity index (χ1v) is 5.53. The quantitative estimate of drug-likeness (QED) is 0.384. The van der Waals surface area contributed by atoms with E-state index >= 15 is 0 Å². The average Bonchev–Trinajstić information content (AvgIpc) is 1.99. The summed E-state index contributed by atoms with van der Waals surface area (Å²) in [5, 5.41) is 8.14. The molecule has 0 aliphatic rings. The number of carbonyl (C=O) groups is 2. The maximum atomic E-state index is 10.8. The second-order valence-electron chi connectivity index (χ2n) is 2.29. The summed E-state index contributed by atoms with van der Waals surface area (Å²) in [6, 6.07) is -1.19. The van der Waals surface area contributed by atoms with Gasteiger partial charge in [0.1, 0.15) is 6.04 Å². The van der Waals surface area contributed by atoms with Crippen molar-refractivity contribution in [3.8, 4) is 0 Å². The summed E-state index contributed by atoms with van der Waals surface area (Å²) < 4.78 is 25.4. The molecule has 0 spiro atoms. The number of carbonyl (C=O) groups excluding carboxylic acids is 1. The Morgan fingerprint density at radius 3 is 2.36 bits per heavy atom. The first-order valence-electron chi connectivity index (χ1n) is 3.32. The van der Waals surface area contributed by atoms with Crippen molar-refractivity contribution in [1.82, 2.24) is 0 Å². The summed E-state index contributed by atoms with van der Waals surface area (Å²) in [5.74, 6) is -4.21. The Kier molecular flexibility index (Phi) is 4.88. The van der Waals surface area contributed by atoms with Crippen LogP contribution in [-0.4, -0.2) is 43.0 Å². The van der Waals surface area contributed by atoms with Crippen molar-refractivity contribution >= 4 is 34.7 Å². The third kappa shape index (κ3) is 5.04. The third-order valence-corrected chi connectivity index (χ3v) is 2.42. The van der Waals surface area contributed by atoms with Crippen LogP contribution in [0.1, 0.15) is 0 Å². The summed E-state index contributed by atoms with van der Waals surface area (Å²) in [7, 11) is -4.40. The molecule has 0 bridgehead atoms. The van der Waals surface area contributed by atoms with Crippen LogP contribution in [0.15, 0.2) is 0 Å². The molecular formula is C5H9NO6S2. The molecule has 14 heavy (non-hydrogen) atoms. The molecule has 7 nitrogen and oxygen atoms in total. The zero-order valence-corrected chi connectivity index (χ0v) is 8.62. The highest BCUT2D eigenvalue weighted by Gasteiger charge is 2.24. The topological polar surface area (TPSA) is 124 Å². The Balaban J connectivity index is 4.38. The van der Waals surface area contributed by atoms with Gasteiger partial charge in [0.05, 0.1) is 0 Å². The van der Waals surface area contributed by atoms with Gasteiger partial charge in [-0.25, -0.2) is 4.79 Å². The van der Waals surface area contributed by atoms with Crippen molar-refractivity contribution in [3.63, 3.8) is 0 Å². The van der Waals surface area contributed by atoms with E-state index in [1.807, 2.05) is 0 Å². The number of rotatable bonds is 5. The molecule has 0 unspecified atom stereocenters. The molecule has 0 aliphatic heterocycles. The zero-order chi connectivity index (χ0) is 11.4. The lowest BCUT2D eigenvalue weighted by atomic mass is 10.4. The largest absolute Gasteiger partial charge is 0.480 e. The Bertz CT molecular complexity index is 323. The minimum Gasteiger partial charge on any atom is -0.480 e. The fourth-order valence-corrected chi connectivity index (χ4v) is 1.33. The van der Waals surface area contributed by atoms with Crippen LogP contribution in [0.4, 0.5) is 0 Å². The Labute approximate surface area is 85.8 Å². The molecule has 0 aromatic heterocycles. The molecule has 0 rings (SSSR count). The molecular weight excluding hydrogens is 234 g/mol. The number of hydrogen-bond acceptors (Lipinski definition) is 7. The minimum absolute atomic E-state index is 0.0958. The molecule has 0 fully saturated rings. The van der Waals surface area contributed by atoms with Crippen molar-refractivity contribution < 1.29 is 27.3 Å². The Morgan fingerprint density at radius 1 is 1.50 bits per heavy atom. The van der Waals surface area contributed by atoms with Gasteiger partial charge in [-0.05, 0) is 0 Å². The lowest BCUT2D eigenvalue weighted by molar-refractivity contribution is -0.135. The highest BCUT2D eigenvalue weighted by Crippen LogP contribution is 1.97. The number of thiol groups is 1. The van der Waals surface area contributed by atoms with Gasteiger partial charge in [0.15, 0.2) is 5.75 Å². The molecule has 0 saturated carbocycles. The number of carboxylic acid groups (broad SMARTS) is 1. The predicted molar refractivity (Wildman–Crippen MR) is 49.3 cm³/mol. The van der Waals surface area contributed by atoms with E-state index < -0.39 is 33.9 Å². The van der Waals surface area contributed by atoms with Crippen LogP contribution >= 0.6 is 12.6 Å². The van der Waals surface area contributed by atoms with Gasteiger partial charge in [-0.3, -0.25) is 4.79 Å². The highest BCUT2D eigenvalue weighted by molar-refractivity contribution is 7.87. The van der Waals surface area contributed by atoms with E-state index in [2.05, 4.69) is 16.8 Å². The van der Waals surface area contributed by atoms with Gasteiger partial charge < -0.3 is 15.0 Å². The van der Waals surface area contributed by atoms with E-state index in [9.17, 15) is 18.0 Å². The first kappa shape index (κ1) is 13.2. The standard InChI is InChI=1S/C5H9NO6S2/c6-3(1-13)5(9)12-14(10,11)2-4(7)8/h3,13H,1-2,6H2,(H,7,8)/t3-/m0/s1. The van der Waals surface area contributed by atoms with E-state index in [4.69, 9.17) is 10.8 Å². The zero-order valence-electron chi connectivity index (χ0n) is 6.91. The normalized spacial score (nSPS) is 13.3. The van der Waals surface area contributed by atoms with E-state index in [0.29, 0.717) is 0 Å². The van der Waals surface area contributed by atoms with E-state index in [0.717, 1.165) is 0 Å². The summed E-state index contributed by atoms with van der Waals surface area (Å²) in [6.07, 6.45) is 0. The van der Waals surface area contributed by atoms with Crippen LogP contribution in [0.3, 0.4) is 0 Å². The van der Waals surface area contributed by atoms with Crippen molar-refractivity contribution in [2.24, 2.45) is 5.73 Å². The minimum atomic E-state index is -4.40. The number of nitrogens with two attached hydrogens (primary N) is 1. The number of hydrogen-bond donors (Lipinski definition) is 3. The average molecular weight is 243 g/mol. The fraction of sp³-hybridized carbons (Fsp3) is 0.600. The lowest BCUT2D eigenvalue weighted by Crippen LogP contribution is -2.36. The third-order valence-electron chi connectivity index (χ3n) is 1.01. The molecule has 0 amide bonds. The molecule has 9 heteroatoms. The van der Waals surface area contributed by atoms with E-state index in [1.165, 1.54) is 0 Å². The molecule has 0 radical (unpaired) electrons. The van der Waals surface area contributed by atoms with Gasteiger partial charge in [-0.2, -0.15) is 21.0 Å². The molecule has 0 heterocycles. The van der Waals surface area contributed by atoms with Crippen molar-refractivity contribution in [2.45, 2.75) is 6.04 Å². The highest BCUT2D eigenvalue weighted by atomic mass is 32.2. The number of aliphatic carboxylic acids is 1. The second-order valence-corrected chi connectivity index (χ2v) is 4.22. The molecule has 0 aromatic rings. The molecule has 0 aliphatic carbocycles. The summed E-state index contributed by atoms with van der Waals surface area (Å²) in [4.78, 5) is 20.8. The number of carboxylic acids is 1. The van der Waals surface area contributed by atoms with Crippen LogP contribution < -0.4 is 5.73 Å². The van der Waals surface area contributed by atoms with Crippen molar-refractivity contribution in [2.75, 3.05) is 11.5 Å². The van der Waals surface area contributed by atoms with Gasteiger partial charge in [0.25, 0.3) is 0 Å². The van der Waals surface area contributed by atoms with E-state index in [1.54, 1.807) is 0 Å². The Hall–Kier alpha value is -0.800. The van der Waals surface area contributed by atoms with Gasteiger partial charge in [-0.1, -0.05) is 0 Å². The Morgan fingerprint density at radius 2 is 2.00 bits per heavy atom. The van der Waals surface area contributed by atoms with Crippen LogP contribution in [-0.2, 0) is 23.9 Å². The maximum absolute atomic E-state index is 10.8. The van der Waals surface area contributed by atoms with Gasteiger partial charge >= 0.3 is 22.1 Å². The van der Waals surface area contributed by atoms with Gasteiger partial charge in [0, 0.05) is 5.75 Å². The molecule has 1 atom stereocenters. The van der Waals surface area contributed by atoms with E-state index in [-0.39, 0.29) is 5.75 Å². The monoisotopic (exact) mass is 243 g/mol. The predicted octanol–water partition coefficient (Wildman–Crippen LogP) is -1.80. The summed E-state index contributed by atoms with van der Waals surface area (Å²) in [6.45, 7) is 0. The molecule has 82 valence electrons. The molecule has 3 N–H and O–H groups in total. The van der Waals surface area contributed by atoms with Crippen LogP contribution in [0.25, 0.3) is 0 Å². The van der Waals surface area contributed by atoms with Gasteiger partial charge in [-0.15, -0.1) is 0 Å². The van der Waals surface area contributed by atoms with Crippen LogP contribution in [0.2, 0.25) is 0 Å². The maximum Gasteiger partial charge on any atom is 0.339 e. The summed E-state index contributed by atoms with van der Waals surface area (Å²) in [5.41, 5.74) is 5.09. The molecule has 0 saturated heterocycles. The SMILES string of the molecule is N[C@@H](CS)C(=O)OS(=O)(=O)CC(=O)O. The van der Waals surface area contributed by atoms with Crippen molar-refractivity contribution in [3.05, 3.63) is 0 Å². The van der Waals surface area contributed by atoms with Crippen LogP contribution in [0, 0.1) is 0 Å². The smallest absolute Gasteiger partial charge is 0.339 e. The van der Waals surface area contributed by atoms with Crippen LogP contribution in [0.5, 0.6) is 0 Å². The van der Waals surface area contributed by atoms with Crippen molar-refractivity contribution in [1.29, 1.82) is 0 Å². The second kappa shape index (κ2) is 5.17. The van der Waals surface area contributed by atoms with Gasteiger partial charge in [0.2, 0.25) is 0 Å². The first-order chi connectivity index (χ1) is 6.28. The lowest BCUT2D eigenvalue weighted by Gasteiger charge is -2.07.